The quantitative estimate of drug-likeness (QED) is 0.156. The van der Waals surface area contributed by atoms with Crippen LogP contribution in [0.4, 0.5) is 0 Å². The molecular formula is C47H32N2O2Pt. The second-order valence-electron chi connectivity index (χ2n) is 12.9. The molecule has 5 heteroatoms. The fourth-order valence-corrected chi connectivity index (χ4v) is 7.49. The number of para-hydroxylation sites is 3. The van der Waals surface area contributed by atoms with E-state index in [9.17, 15) is 0 Å². The van der Waals surface area contributed by atoms with Crippen molar-refractivity contribution < 1.29 is 30.5 Å². The van der Waals surface area contributed by atoms with Gasteiger partial charge in [0.15, 0.2) is 0 Å². The van der Waals surface area contributed by atoms with E-state index < -0.39 is 5.41 Å². The van der Waals surface area contributed by atoms with Gasteiger partial charge in [0.2, 0.25) is 0 Å². The van der Waals surface area contributed by atoms with Gasteiger partial charge in [0, 0.05) is 28.8 Å². The topological polar surface area (TPSA) is 44.2 Å². The molecule has 0 amide bonds. The average molecular weight is 852 g/mol. The number of aryl methyl sites for hydroxylation is 2. The Morgan fingerprint density at radius 3 is 2.06 bits per heavy atom. The molecule has 1 aliphatic heterocycles. The van der Waals surface area contributed by atoms with E-state index in [4.69, 9.17) is 19.4 Å². The van der Waals surface area contributed by atoms with Crippen molar-refractivity contribution in [2.45, 2.75) is 19.3 Å². The third kappa shape index (κ3) is 5.70. The summed E-state index contributed by atoms with van der Waals surface area (Å²) in [6, 6.07) is 58.6. The van der Waals surface area contributed by atoms with Gasteiger partial charge in [-0.3, -0.25) is 9.97 Å². The van der Waals surface area contributed by atoms with Crippen LogP contribution in [0.2, 0.25) is 0 Å². The number of benzene rings is 6. The Balaban J connectivity index is 0.00000387. The molecule has 252 valence electrons. The Bertz CT molecular complexity index is 2520. The van der Waals surface area contributed by atoms with Crippen LogP contribution < -0.4 is 9.47 Å². The molecule has 2 aromatic heterocycles. The van der Waals surface area contributed by atoms with Crippen LogP contribution in [0.15, 0.2) is 158 Å². The maximum absolute atomic E-state index is 6.77. The molecule has 0 aliphatic carbocycles. The molecule has 6 aromatic carbocycles. The maximum atomic E-state index is 6.77. The van der Waals surface area contributed by atoms with Gasteiger partial charge in [-0.25, -0.2) is 0 Å². The summed E-state index contributed by atoms with van der Waals surface area (Å²) in [6.45, 7) is 4.29. The van der Waals surface area contributed by atoms with Gasteiger partial charge in [-0.1, -0.05) is 109 Å². The van der Waals surface area contributed by atoms with E-state index in [1.54, 1.807) is 0 Å². The molecule has 0 fully saturated rings. The Labute approximate surface area is 318 Å². The zero-order valence-electron chi connectivity index (χ0n) is 28.5. The van der Waals surface area contributed by atoms with Crippen LogP contribution in [-0.4, -0.2) is 9.97 Å². The summed E-state index contributed by atoms with van der Waals surface area (Å²) >= 11 is 0. The number of nitrogens with zero attached hydrogens (tertiary/aromatic N) is 2. The zero-order chi connectivity index (χ0) is 34.4. The molecule has 0 saturated carbocycles. The summed E-state index contributed by atoms with van der Waals surface area (Å²) in [5, 5.41) is 1.09. The minimum atomic E-state index is -0.809. The number of hydrogen-bond donors (Lipinski definition) is 0. The minimum absolute atomic E-state index is 0. The first kappa shape index (κ1) is 33.3. The molecule has 4 nitrogen and oxygen atoms in total. The minimum Gasteiger partial charge on any atom is -0.503 e. The fourth-order valence-electron chi connectivity index (χ4n) is 7.49. The molecule has 8 aromatic rings. The van der Waals surface area contributed by atoms with Crippen molar-refractivity contribution in [1.29, 1.82) is 0 Å². The Kier molecular flexibility index (Phi) is 8.79. The van der Waals surface area contributed by atoms with Gasteiger partial charge in [0.1, 0.15) is 11.5 Å². The van der Waals surface area contributed by atoms with Crippen LogP contribution in [0.3, 0.4) is 0 Å². The van der Waals surface area contributed by atoms with E-state index in [0.29, 0.717) is 11.5 Å². The number of pyridine rings is 2. The van der Waals surface area contributed by atoms with Gasteiger partial charge in [-0.05, 0) is 71.9 Å². The van der Waals surface area contributed by atoms with Crippen molar-refractivity contribution in [2.24, 2.45) is 0 Å². The first-order chi connectivity index (χ1) is 25.1. The predicted molar refractivity (Wildman–Crippen MR) is 202 cm³/mol. The molecule has 3 heterocycles. The number of ether oxygens (including phenoxy) is 2. The summed E-state index contributed by atoms with van der Waals surface area (Å²) in [5.74, 6) is 2.71. The maximum Gasteiger partial charge on any atom is 2.00 e. The van der Waals surface area contributed by atoms with E-state index in [-0.39, 0.29) is 21.1 Å². The standard InChI is InChI=1S/C47H32N2O2.Pt/c1-31-13-11-14-32(2)46(31)35-27-34(42-25-24-33-15-3-6-20-41(33)49-42)28-38(29-35)50-37-17-12-16-36(30-37)47(45-23-9-10-26-48-45)39-18-4-7-21-43(39)51-44-22-8-5-19-40(44)47;/h3-27,29H,1-2H3;/q-2;+2. The molecule has 0 unspecified atom stereocenters. The SMILES string of the molecule is Cc1cccc(C)c1-c1cc(Oc2[c-]c(C3(c4ccccn4)c4ccccc4Oc4ccccc43)ccc2)[c-]c(-c2ccc3ccccc3n2)c1.[Pt+2]. The van der Waals surface area contributed by atoms with Crippen molar-refractivity contribution in [3.8, 4) is 45.4 Å². The second kappa shape index (κ2) is 13.7. The van der Waals surface area contributed by atoms with Crippen LogP contribution in [0.5, 0.6) is 23.0 Å². The summed E-state index contributed by atoms with van der Waals surface area (Å²) in [7, 11) is 0. The van der Waals surface area contributed by atoms with Gasteiger partial charge in [-0.15, -0.1) is 29.3 Å². The fraction of sp³-hybridized carbons (Fsp3) is 0.0638. The second-order valence-corrected chi connectivity index (χ2v) is 12.9. The van der Waals surface area contributed by atoms with E-state index in [1.165, 1.54) is 16.7 Å². The van der Waals surface area contributed by atoms with Crippen LogP contribution in [0.25, 0.3) is 33.3 Å². The monoisotopic (exact) mass is 851 g/mol. The molecule has 9 rings (SSSR count). The largest absolute Gasteiger partial charge is 2.00 e. The molecule has 0 spiro atoms. The smallest absolute Gasteiger partial charge is 0.503 e. The molecular weight excluding hydrogens is 820 g/mol. The van der Waals surface area contributed by atoms with E-state index in [0.717, 1.165) is 61.6 Å². The zero-order valence-corrected chi connectivity index (χ0v) is 30.8. The molecule has 0 radical (unpaired) electrons. The number of aromatic nitrogens is 2. The number of fused-ring (bicyclic) bond motifs is 3. The van der Waals surface area contributed by atoms with Gasteiger partial charge in [-0.2, -0.15) is 12.1 Å². The van der Waals surface area contributed by atoms with Gasteiger partial charge in [0.25, 0.3) is 0 Å². The first-order valence-electron chi connectivity index (χ1n) is 17.1. The number of hydrogen-bond acceptors (Lipinski definition) is 4. The van der Waals surface area contributed by atoms with Crippen molar-refractivity contribution >= 4 is 10.9 Å². The number of rotatable bonds is 6. The summed E-state index contributed by atoms with van der Waals surface area (Å²) < 4.78 is 13.2. The van der Waals surface area contributed by atoms with Crippen LogP contribution in [-0.2, 0) is 26.5 Å². The molecule has 0 saturated heterocycles. The van der Waals surface area contributed by atoms with E-state index in [2.05, 4.69) is 98.8 Å². The molecule has 0 atom stereocenters. The third-order valence-electron chi connectivity index (χ3n) is 9.73. The summed E-state index contributed by atoms with van der Waals surface area (Å²) in [6.07, 6.45) is 1.84. The van der Waals surface area contributed by atoms with Crippen molar-refractivity contribution in [3.05, 3.63) is 203 Å². The molecule has 0 bridgehead atoms. The van der Waals surface area contributed by atoms with Gasteiger partial charge < -0.3 is 9.47 Å². The summed E-state index contributed by atoms with van der Waals surface area (Å²) in [4.78, 5) is 9.98. The Hall–Kier alpha value is -5.83. The first-order valence-corrected chi connectivity index (χ1v) is 17.1. The third-order valence-corrected chi connectivity index (χ3v) is 9.73. The van der Waals surface area contributed by atoms with Gasteiger partial charge in [0.05, 0.1) is 16.6 Å². The molecule has 1 aliphatic rings. The Morgan fingerprint density at radius 2 is 1.31 bits per heavy atom. The van der Waals surface area contributed by atoms with E-state index >= 15 is 0 Å². The van der Waals surface area contributed by atoms with Crippen molar-refractivity contribution in [3.63, 3.8) is 0 Å². The van der Waals surface area contributed by atoms with Crippen molar-refractivity contribution in [1.82, 2.24) is 9.97 Å². The van der Waals surface area contributed by atoms with Crippen LogP contribution in [0, 0.1) is 26.0 Å². The summed E-state index contributed by atoms with van der Waals surface area (Å²) in [5.41, 5.74) is 10.1. The average Bonchev–Trinajstić information content (AvgIpc) is 3.17. The van der Waals surface area contributed by atoms with Gasteiger partial charge >= 0.3 is 21.1 Å². The molecule has 52 heavy (non-hydrogen) atoms. The normalized spacial score (nSPS) is 12.6. The van der Waals surface area contributed by atoms with Crippen LogP contribution >= 0.6 is 0 Å². The van der Waals surface area contributed by atoms with Crippen LogP contribution in [0.1, 0.15) is 33.5 Å². The molecule has 0 N–H and O–H groups in total. The Morgan fingerprint density at radius 1 is 0.615 bits per heavy atom. The van der Waals surface area contributed by atoms with Crippen molar-refractivity contribution in [2.75, 3.05) is 0 Å². The van der Waals surface area contributed by atoms with E-state index in [1.807, 2.05) is 85.1 Å². The predicted octanol–water partition coefficient (Wildman–Crippen LogP) is 11.5.